The van der Waals surface area contributed by atoms with Gasteiger partial charge in [0, 0.05) is 12.2 Å². The molecule has 0 spiro atoms. The molecule has 1 atom stereocenters. The molecule has 0 aromatic heterocycles. The lowest BCUT2D eigenvalue weighted by Crippen LogP contribution is -2.42. The predicted molar refractivity (Wildman–Crippen MR) is 111 cm³/mol. The Morgan fingerprint density at radius 2 is 1.71 bits per heavy atom. The van der Waals surface area contributed by atoms with Crippen LogP contribution in [-0.2, 0) is 6.54 Å². The number of carbonyl (C=O) groups is 1. The van der Waals surface area contributed by atoms with Crippen molar-refractivity contribution in [3.8, 4) is 5.75 Å². The molecule has 142 valence electrons. The van der Waals surface area contributed by atoms with Gasteiger partial charge in [0.2, 0.25) is 0 Å². The van der Waals surface area contributed by atoms with Gasteiger partial charge in [-0.05, 0) is 49.2 Å². The van der Waals surface area contributed by atoms with Gasteiger partial charge in [-0.25, -0.2) is 0 Å². The lowest BCUT2D eigenvalue weighted by Gasteiger charge is -2.38. The van der Waals surface area contributed by atoms with Crippen LogP contribution in [0, 0.1) is 0 Å². The third-order valence-electron chi connectivity index (χ3n) is 4.76. The third kappa shape index (κ3) is 3.72. The van der Waals surface area contributed by atoms with Crippen LogP contribution < -0.4 is 10.1 Å². The van der Waals surface area contributed by atoms with Crippen molar-refractivity contribution >= 4 is 11.6 Å². The fourth-order valence-corrected chi connectivity index (χ4v) is 3.53. The fraction of sp³-hybridized carbons (Fsp3) is 0.208. The van der Waals surface area contributed by atoms with E-state index in [2.05, 4.69) is 5.32 Å². The fourth-order valence-electron chi connectivity index (χ4n) is 3.53. The Kier molecular flexibility index (Phi) is 5.02. The molecule has 0 saturated heterocycles. The van der Waals surface area contributed by atoms with Crippen molar-refractivity contribution in [2.24, 2.45) is 0 Å². The molecule has 0 fully saturated rings. The predicted octanol–water partition coefficient (Wildman–Crippen LogP) is 5.24. The Morgan fingerprint density at radius 1 is 0.964 bits per heavy atom. The number of ether oxygens (including phenoxy) is 1. The number of anilines is 1. The average molecular weight is 372 g/mol. The van der Waals surface area contributed by atoms with Crippen molar-refractivity contribution in [3.63, 3.8) is 0 Å². The molecular weight excluding hydrogens is 348 g/mol. The minimum Gasteiger partial charge on any atom is -0.491 e. The Balaban J connectivity index is 1.73. The van der Waals surface area contributed by atoms with Crippen molar-refractivity contribution < 1.29 is 9.53 Å². The van der Waals surface area contributed by atoms with Gasteiger partial charge in [0.1, 0.15) is 11.9 Å². The Hall–Kier alpha value is -3.27. The molecule has 1 aliphatic rings. The van der Waals surface area contributed by atoms with Crippen molar-refractivity contribution in [1.29, 1.82) is 0 Å². The molecule has 1 aliphatic heterocycles. The van der Waals surface area contributed by atoms with E-state index >= 15 is 0 Å². The summed E-state index contributed by atoms with van der Waals surface area (Å²) in [6.07, 6.45) is -0.171. The average Bonchev–Trinajstić information content (AvgIpc) is 2.70. The van der Waals surface area contributed by atoms with Gasteiger partial charge in [-0.2, -0.15) is 0 Å². The van der Waals surface area contributed by atoms with E-state index in [1.165, 1.54) is 0 Å². The van der Waals surface area contributed by atoms with Crippen LogP contribution in [-0.4, -0.2) is 16.9 Å². The molecule has 1 N–H and O–H groups in total. The zero-order valence-electron chi connectivity index (χ0n) is 16.1. The zero-order chi connectivity index (χ0) is 19.5. The summed E-state index contributed by atoms with van der Waals surface area (Å²) in [6, 6.07) is 25.7. The largest absolute Gasteiger partial charge is 0.491 e. The van der Waals surface area contributed by atoms with E-state index in [1.807, 2.05) is 97.6 Å². The van der Waals surface area contributed by atoms with Crippen LogP contribution in [0.4, 0.5) is 5.69 Å². The highest BCUT2D eigenvalue weighted by Crippen LogP contribution is 2.35. The van der Waals surface area contributed by atoms with E-state index < -0.39 is 0 Å². The molecular formula is C24H24N2O2. The third-order valence-corrected chi connectivity index (χ3v) is 4.76. The Morgan fingerprint density at radius 3 is 2.50 bits per heavy atom. The number of carbonyl (C=O) groups excluding carboxylic acids is 1. The van der Waals surface area contributed by atoms with Crippen LogP contribution in [0.15, 0.2) is 78.9 Å². The van der Waals surface area contributed by atoms with E-state index in [0.717, 1.165) is 22.6 Å². The quantitative estimate of drug-likeness (QED) is 0.666. The summed E-state index contributed by atoms with van der Waals surface area (Å²) in [5, 5.41) is 3.54. The van der Waals surface area contributed by atoms with Gasteiger partial charge in [-0.1, -0.05) is 54.6 Å². The molecule has 4 rings (SSSR count). The Bertz CT molecular complexity index is 969. The zero-order valence-corrected chi connectivity index (χ0v) is 16.1. The standard InChI is InChI=1S/C24H24N2O2/c1-17(2)28-20-12-8-11-19(15-20)23-25-22-14-7-6-13-21(22)24(27)26(23)16-18-9-4-3-5-10-18/h3-15,17,23,25H,16H2,1-2H3. The van der Waals surface area contributed by atoms with Crippen LogP contribution >= 0.6 is 0 Å². The molecule has 28 heavy (non-hydrogen) atoms. The molecule has 4 nitrogen and oxygen atoms in total. The van der Waals surface area contributed by atoms with Gasteiger partial charge in [-0.3, -0.25) is 4.79 Å². The van der Waals surface area contributed by atoms with Gasteiger partial charge in [0.25, 0.3) is 5.91 Å². The first-order valence-corrected chi connectivity index (χ1v) is 9.59. The molecule has 0 aliphatic carbocycles. The maximum Gasteiger partial charge on any atom is 0.258 e. The first-order chi connectivity index (χ1) is 13.6. The highest BCUT2D eigenvalue weighted by Gasteiger charge is 2.33. The summed E-state index contributed by atoms with van der Waals surface area (Å²) >= 11 is 0. The molecule has 3 aromatic carbocycles. The molecule has 3 aromatic rings. The maximum absolute atomic E-state index is 13.3. The number of amides is 1. The summed E-state index contributed by atoms with van der Waals surface area (Å²) in [5.41, 5.74) is 3.65. The molecule has 0 radical (unpaired) electrons. The van der Waals surface area contributed by atoms with E-state index in [9.17, 15) is 4.79 Å². The highest BCUT2D eigenvalue weighted by atomic mass is 16.5. The van der Waals surface area contributed by atoms with Gasteiger partial charge in [-0.15, -0.1) is 0 Å². The number of benzene rings is 3. The van der Waals surface area contributed by atoms with Crippen LogP contribution in [0.1, 0.15) is 41.5 Å². The van der Waals surface area contributed by atoms with E-state index in [4.69, 9.17) is 4.74 Å². The topological polar surface area (TPSA) is 41.6 Å². The number of fused-ring (bicyclic) bond motifs is 1. The van der Waals surface area contributed by atoms with E-state index in [-0.39, 0.29) is 18.2 Å². The summed E-state index contributed by atoms with van der Waals surface area (Å²) in [6.45, 7) is 4.54. The van der Waals surface area contributed by atoms with E-state index in [1.54, 1.807) is 0 Å². The number of hydrogen-bond donors (Lipinski definition) is 1. The number of para-hydroxylation sites is 1. The van der Waals surface area contributed by atoms with Crippen molar-refractivity contribution in [2.45, 2.75) is 32.7 Å². The molecule has 1 amide bonds. The molecule has 0 saturated carbocycles. The second-order valence-electron chi connectivity index (χ2n) is 7.25. The van der Waals surface area contributed by atoms with Crippen LogP contribution in [0.3, 0.4) is 0 Å². The number of rotatable bonds is 5. The summed E-state index contributed by atoms with van der Waals surface area (Å²) < 4.78 is 5.86. The minimum absolute atomic E-state index is 0.0263. The van der Waals surface area contributed by atoms with Crippen LogP contribution in [0.2, 0.25) is 0 Å². The SMILES string of the molecule is CC(C)Oc1cccc(C2Nc3ccccc3C(=O)N2Cc2ccccc2)c1. The van der Waals surface area contributed by atoms with Crippen molar-refractivity contribution in [1.82, 2.24) is 4.90 Å². The molecule has 4 heteroatoms. The van der Waals surface area contributed by atoms with E-state index in [0.29, 0.717) is 12.1 Å². The normalized spacial score (nSPS) is 15.9. The minimum atomic E-state index is -0.265. The summed E-state index contributed by atoms with van der Waals surface area (Å²) in [7, 11) is 0. The maximum atomic E-state index is 13.3. The van der Waals surface area contributed by atoms with Crippen LogP contribution in [0.5, 0.6) is 5.75 Å². The van der Waals surface area contributed by atoms with Gasteiger partial charge in [0.05, 0.1) is 11.7 Å². The smallest absolute Gasteiger partial charge is 0.258 e. The molecule has 1 unspecified atom stereocenters. The lowest BCUT2D eigenvalue weighted by atomic mass is 10.0. The first-order valence-electron chi connectivity index (χ1n) is 9.59. The highest BCUT2D eigenvalue weighted by molar-refractivity contribution is 6.01. The monoisotopic (exact) mass is 372 g/mol. The molecule has 0 bridgehead atoms. The number of nitrogens with zero attached hydrogens (tertiary/aromatic N) is 1. The first kappa shape index (κ1) is 18.1. The van der Waals surface area contributed by atoms with Crippen LogP contribution in [0.25, 0.3) is 0 Å². The summed E-state index contributed by atoms with van der Waals surface area (Å²) in [4.78, 5) is 15.2. The van der Waals surface area contributed by atoms with Crippen molar-refractivity contribution in [3.05, 3.63) is 95.6 Å². The number of hydrogen-bond acceptors (Lipinski definition) is 3. The molecule has 1 heterocycles. The van der Waals surface area contributed by atoms with Crippen molar-refractivity contribution in [2.75, 3.05) is 5.32 Å². The second kappa shape index (κ2) is 7.77. The van der Waals surface area contributed by atoms with Gasteiger partial charge in [0.15, 0.2) is 0 Å². The Labute approximate surface area is 165 Å². The summed E-state index contributed by atoms with van der Waals surface area (Å²) in [5.74, 6) is 0.832. The van der Waals surface area contributed by atoms with Gasteiger partial charge >= 0.3 is 0 Å². The second-order valence-corrected chi connectivity index (χ2v) is 7.25. The lowest BCUT2D eigenvalue weighted by molar-refractivity contribution is 0.0666. The number of nitrogens with one attached hydrogen (secondary N) is 1. The van der Waals surface area contributed by atoms with Gasteiger partial charge < -0.3 is 15.0 Å².